The average molecular weight is 337 g/mol. The molecule has 0 saturated carbocycles. The van der Waals surface area contributed by atoms with E-state index >= 15 is 0 Å². The first-order valence-corrected chi connectivity index (χ1v) is 6.88. The van der Waals surface area contributed by atoms with Crippen LogP contribution in [-0.4, -0.2) is 5.91 Å². The van der Waals surface area contributed by atoms with Crippen molar-refractivity contribution < 1.29 is 9.18 Å². The summed E-state index contributed by atoms with van der Waals surface area (Å²) in [6.45, 7) is 1.86. The number of carbonyl (C=O) groups is 1. The number of hydrogen-bond acceptors (Lipinski definition) is 2. The van der Waals surface area contributed by atoms with E-state index in [1.54, 1.807) is 0 Å². The van der Waals surface area contributed by atoms with Crippen molar-refractivity contribution >= 4 is 27.5 Å². The number of amides is 1. The largest absolute Gasteiger partial charge is 0.398 e. The molecule has 0 saturated heterocycles. The molecule has 0 aliphatic heterocycles. The summed E-state index contributed by atoms with van der Waals surface area (Å²) in [5.74, 6) is -0.881. The summed E-state index contributed by atoms with van der Waals surface area (Å²) in [6, 6.07) is 11.2. The van der Waals surface area contributed by atoms with Gasteiger partial charge in [0.2, 0.25) is 0 Å². The first kappa shape index (κ1) is 14.5. The molecule has 2 rings (SSSR count). The van der Waals surface area contributed by atoms with Gasteiger partial charge in [-0.1, -0.05) is 28.1 Å². The fourth-order valence-electron chi connectivity index (χ4n) is 1.86. The van der Waals surface area contributed by atoms with Gasteiger partial charge in [-0.15, -0.1) is 0 Å². The third-order valence-electron chi connectivity index (χ3n) is 2.96. The molecular weight excluding hydrogens is 323 g/mol. The van der Waals surface area contributed by atoms with Crippen LogP contribution in [0, 0.1) is 5.82 Å². The lowest BCUT2D eigenvalue weighted by atomic mass is 10.1. The highest BCUT2D eigenvalue weighted by Gasteiger charge is 2.14. The molecule has 0 radical (unpaired) electrons. The number of carbonyl (C=O) groups excluding carboxylic acids is 1. The molecule has 1 atom stereocenters. The molecule has 0 spiro atoms. The second-order valence-corrected chi connectivity index (χ2v) is 5.40. The molecule has 20 heavy (non-hydrogen) atoms. The van der Waals surface area contributed by atoms with E-state index in [0.29, 0.717) is 0 Å². The second-order valence-electron chi connectivity index (χ2n) is 4.48. The monoisotopic (exact) mass is 336 g/mol. The zero-order valence-corrected chi connectivity index (χ0v) is 12.4. The smallest absolute Gasteiger partial charge is 0.253 e. The summed E-state index contributed by atoms with van der Waals surface area (Å²) in [5.41, 5.74) is 7.04. The van der Waals surface area contributed by atoms with E-state index < -0.39 is 11.7 Å². The SMILES string of the molecule is C[C@H](NC(=O)c1cc(F)ccc1N)c1cccc(Br)c1. The summed E-state index contributed by atoms with van der Waals surface area (Å²) in [7, 11) is 0. The number of nitrogens with two attached hydrogens (primary N) is 1. The Kier molecular flexibility index (Phi) is 4.39. The first-order valence-electron chi connectivity index (χ1n) is 6.08. The van der Waals surface area contributed by atoms with Gasteiger partial charge in [0.15, 0.2) is 0 Å². The third kappa shape index (κ3) is 3.36. The Labute approximate surface area is 125 Å². The Morgan fingerprint density at radius 2 is 2.05 bits per heavy atom. The van der Waals surface area contributed by atoms with Gasteiger partial charge in [0, 0.05) is 10.2 Å². The lowest BCUT2D eigenvalue weighted by Gasteiger charge is -2.15. The summed E-state index contributed by atoms with van der Waals surface area (Å²) in [5, 5.41) is 2.80. The third-order valence-corrected chi connectivity index (χ3v) is 3.45. The van der Waals surface area contributed by atoms with Gasteiger partial charge >= 0.3 is 0 Å². The maximum absolute atomic E-state index is 13.2. The quantitative estimate of drug-likeness (QED) is 0.840. The molecule has 2 aromatic rings. The topological polar surface area (TPSA) is 55.1 Å². The average Bonchev–Trinajstić information content (AvgIpc) is 2.41. The molecule has 0 unspecified atom stereocenters. The molecule has 0 aromatic heterocycles. The van der Waals surface area contributed by atoms with Crippen LogP contribution in [0.15, 0.2) is 46.9 Å². The second kappa shape index (κ2) is 6.05. The van der Waals surface area contributed by atoms with Gasteiger partial charge in [-0.2, -0.15) is 0 Å². The van der Waals surface area contributed by atoms with Gasteiger partial charge in [-0.05, 0) is 42.8 Å². The highest BCUT2D eigenvalue weighted by atomic mass is 79.9. The number of nitrogen functional groups attached to an aromatic ring is 1. The van der Waals surface area contributed by atoms with Crippen LogP contribution >= 0.6 is 15.9 Å². The van der Waals surface area contributed by atoms with Crippen LogP contribution in [0.2, 0.25) is 0 Å². The summed E-state index contributed by atoms with van der Waals surface area (Å²) >= 11 is 3.38. The zero-order chi connectivity index (χ0) is 14.7. The molecule has 3 nitrogen and oxygen atoms in total. The maximum atomic E-state index is 13.2. The Morgan fingerprint density at radius 3 is 2.75 bits per heavy atom. The predicted molar refractivity (Wildman–Crippen MR) is 80.8 cm³/mol. The minimum atomic E-state index is -0.487. The van der Waals surface area contributed by atoms with Crippen LogP contribution in [0.3, 0.4) is 0 Å². The van der Waals surface area contributed by atoms with E-state index in [-0.39, 0.29) is 17.3 Å². The van der Waals surface area contributed by atoms with Crippen LogP contribution in [0.1, 0.15) is 28.9 Å². The molecule has 0 heterocycles. The van der Waals surface area contributed by atoms with E-state index in [9.17, 15) is 9.18 Å². The van der Waals surface area contributed by atoms with Crippen molar-refractivity contribution in [3.8, 4) is 0 Å². The Balaban J connectivity index is 2.17. The van der Waals surface area contributed by atoms with Crippen molar-refractivity contribution in [1.29, 1.82) is 0 Å². The van der Waals surface area contributed by atoms with Crippen LogP contribution < -0.4 is 11.1 Å². The molecule has 0 aliphatic carbocycles. The number of halogens is 2. The minimum absolute atomic E-state index is 0.145. The summed E-state index contributed by atoms with van der Waals surface area (Å²) < 4.78 is 14.1. The molecule has 5 heteroatoms. The highest BCUT2D eigenvalue weighted by Crippen LogP contribution is 2.19. The van der Waals surface area contributed by atoms with Crippen LogP contribution in [0.5, 0.6) is 0 Å². The minimum Gasteiger partial charge on any atom is -0.398 e. The summed E-state index contributed by atoms with van der Waals surface area (Å²) in [4.78, 5) is 12.1. The number of rotatable bonds is 3. The maximum Gasteiger partial charge on any atom is 0.253 e. The van der Waals surface area contributed by atoms with E-state index in [2.05, 4.69) is 21.2 Å². The van der Waals surface area contributed by atoms with Crippen molar-refractivity contribution in [2.24, 2.45) is 0 Å². The molecule has 0 bridgehead atoms. The van der Waals surface area contributed by atoms with Crippen molar-refractivity contribution in [3.05, 3.63) is 63.9 Å². The molecule has 0 fully saturated rings. The van der Waals surface area contributed by atoms with Gasteiger partial charge in [0.25, 0.3) is 5.91 Å². The van der Waals surface area contributed by atoms with Crippen molar-refractivity contribution in [2.45, 2.75) is 13.0 Å². The zero-order valence-electron chi connectivity index (χ0n) is 10.9. The molecule has 3 N–H and O–H groups in total. The van der Waals surface area contributed by atoms with Crippen LogP contribution in [0.25, 0.3) is 0 Å². The van der Waals surface area contributed by atoms with Gasteiger partial charge < -0.3 is 11.1 Å². The predicted octanol–water partition coefficient (Wildman–Crippen LogP) is 3.66. The molecule has 0 aliphatic rings. The van der Waals surface area contributed by atoms with Crippen molar-refractivity contribution in [3.63, 3.8) is 0 Å². The van der Waals surface area contributed by atoms with Crippen molar-refractivity contribution in [2.75, 3.05) is 5.73 Å². The van der Waals surface area contributed by atoms with E-state index in [1.165, 1.54) is 12.1 Å². The van der Waals surface area contributed by atoms with E-state index in [0.717, 1.165) is 16.1 Å². The standard InChI is InChI=1S/C15H14BrFN2O/c1-9(10-3-2-4-11(16)7-10)19-15(20)13-8-12(17)5-6-14(13)18/h2-9H,18H2,1H3,(H,19,20)/t9-/m0/s1. The number of anilines is 1. The number of benzene rings is 2. The van der Waals surface area contributed by atoms with Gasteiger partial charge in [0.1, 0.15) is 5.82 Å². The van der Waals surface area contributed by atoms with Crippen molar-refractivity contribution in [1.82, 2.24) is 5.32 Å². The fourth-order valence-corrected chi connectivity index (χ4v) is 2.28. The summed E-state index contributed by atoms with van der Waals surface area (Å²) in [6.07, 6.45) is 0. The number of nitrogens with one attached hydrogen (secondary N) is 1. The van der Waals surface area contributed by atoms with E-state index in [4.69, 9.17) is 5.73 Å². The number of hydrogen-bond donors (Lipinski definition) is 2. The fraction of sp³-hybridized carbons (Fsp3) is 0.133. The molecule has 104 valence electrons. The van der Waals surface area contributed by atoms with Crippen LogP contribution in [0.4, 0.5) is 10.1 Å². The van der Waals surface area contributed by atoms with Crippen LogP contribution in [-0.2, 0) is 0 Å². The molecular formula is C15H14BrFN2O. The van der Waals surface area contributed by atoms with E-state index in [1.807, 2.05) is 31.2 Å². The van der Waals surface area contributed by atoms with Gasteiger partial charge in [-0.25, -0.2) is 4.39 Å². The molecule has 2 aromatic carbocycles. The first-order chi connectivity index (χ1) is 9.47. The lowest BCUT2D eigenvalue weighted by molar-refractivity contribution is 0.0940. The lowest BCUT2D eigenvalue weighted by Crippen LogP contribution is -2.27. The Bertz CT molecular complexity index is 646. The van der Waals surface area contributed by atoms with Gasteiger partial charge in [0.05, 0.1) is 11.6 Å². The Morgan fingerprint density at radius 1 is 1.30 bits per heavy atom. The highest BCUT2D eigenvalue weighted by molar-refractivity contribution is 9.10. The Hall–Kier alpha value is -1.88. The normalized spacial score (nSPS) is 11.9. The molecule has 1 amide bonds. The van der Waals surface area contributed by atoms with Gasteiger partial charge in [-0.3, -0.25) is 4.79 Å².